The number of carbonyl (C=O) groups is 1. The molecule has 4 heteroatoms. The van der Waals surface area contributed by atoms with Gasteiger partial charge in [-0.3, -0.25) is 4.79 Å². The summed E-state index contributed by atoms with van der Waals surface area (Å²) < 4.78 is 0. The standard InChI is InChI=1S/C6H4N2OS/c7-2-1-5(9)6-8-3-4-10-6/h3-4H,1H2. The average molecular weight is 152 g/mol. The van der Waals surface area contributed by atoms with Crippen molar-refractivity contribution in [2.24, 2.45) is 0 Å². The first-order valence-electron chi connectivity index (χ1n) is 2.64. The highest BCUT2D eigenvalue weighted by atomic mass is 32.1. The minimum atomic E-state index is -0.197. The molecular formula is C6H4N2OS. The second kappa shape index (κ2) is 3.08. The number of rotatable bonds is 2. The van der Waals surface area contributed by atoms with E-state index < -0.39 is 0 Å². The van der Waals surface area contributed by atoms with E-state index >= 15 is 0 Å². The molecule has 0 saturated carbocycles. The van der Waals surface area contributed by atoms with Crippen molar-refractivity contribution in [1.29, 1.82) is 5.26 Å². The van der Waals surface area contributed by atoms with E-state index in [9.17, 15) is 4.79 Å². The van der Waals surface area contributed by atoms with Gasteiger partial charge in [-0.05, 0) is 0 Å². The van der Waals surface area contributed by atoms with E-state index in [0.29, 0.717) is 5.01 Å². The van der Waals surface area contributed by atoms with Crippen molar-refractivity contribution < 1.29 is 4.79 Å². The molecule has 3 nitrogen and oxygen atoms in total. The maximum atomic E-state index is 10.8. The predicted octanol–water partition coefficient (Wildman–Crippen LogP) is 1.24. The van der Waals surface area contributed by atoms with Crippen LogP contribution in [0.3, 0.4) is 0 Å². The quantitative estimate of drug-likeness (QED) is 0.599. The first-order chi connectivity index (χ1) is 4.84. The first-order valence-corrected chi connectivity index (χ1v) is 3.52. The van der Waals surface area contributed by atoms with E-state index in [2.05, 4.69) is 4.98 Å². The Bertz CT molecular complexity index is 260. The lowest BCUT2D eigenvalue weighted by Crippen LogP contribution is -1.94. The van der Waals surface area contributed by atoms with Crippen LogP contribution in [0, 0.1) is 11.3 Å². The summed E-state index contributed by atoms with van der Waals surface area (Å²) in [6, 6.07) is 1.77. The van der Waals surface area contributed by atoms with Crippen LogP contribution < -0.4 is 0 Å². The van der Waals surface area contributed by atoms with Crippen molar-refractivity contribution in [3.05, 3.63) is 16.6 Å². The van der Waals surface area contributed by atoms with E-state index in [0.717, 1.165) is 0 Å². The van der Waals surface area contributed by atoms with Gasteiger partial charge in [-0.2, -0.15) is 5.26 Å². The van der Waals surface area contributed by atoms with Crippen LogP contribution in [0.5, 0.6) is 0 Å². The molecule has 0 aliphatic heterocycles. The SMILES string of the molecule is N#CCC(=O)c1nccs1. The highest BCUT2D eigenvalue weighted by molar-refractivity contribution is 7.11. The summed E-state index contributed by atoms with van der Waals surface area (Å²) in [7, 11) is 0. The fourth-order valence-electron chi connectivity index (χ4n) is 0.509. The van der Waals surface area contributed by atoms with E-state index in [1.54, 1.807) is 17.6 Å². The third-order valence-electron chi connectivity index (χ3n) is 0.910. The summed E-state index contributed by atoms with van der Waals surface area (Å²) in [6.07, 6.45) is 1.47. The summed E-state index contributed by atoms with van der Waals surface area (Å²) in [5, 5.41) is 10.3. The molecule has 50 valence electrons. The predicted molar refractivity (Wildman–Crippen MR) is 36.7 cm³/mol. The highest BCUT2D eigenvalue weighted by Crippen LogP contribution is 2.05. The third kappa shape index (κ3) is 1.39. The molecule has 0 radical (unpaired) electrons. The number of thiazole rings is 1. The minimum Gasteiger partial charge on any atom is -0.290 e. The molecule has 0 aromatic carbocycles. The smallest absolute Gasteiger partial charge is 0.205 e. The van der Waals surface area contributed by atoms with Crippen LogP contribution in [0.4, 0.5) is 0 Å². The lowest BCUT2D eigenvalue weighted by molar-refractivity contribution is 0.0997. The molecule has 0 bridgehead atoms. The Morgan fingerprint density at radius 3 is 3.20 bits per heavy atom. The van der Waals surface area contributed by atoms with E-state index in [1.807, 2.05) is 0 Å². The number of carbonyl (C=O) groups excluding carboxylic acids is 1. The third-order valence-corrected chi connectivity index (χ3v) is 1.72. The normalized spacial score (nSPS) is 8.70. The van der Waals surface area contributed by atoms with Crippen molar-refractivity contribution in [1.82, 2.24) is 4.98 Å². The maximum absolute atomic E-state index is 10.8. The van der Waals surface area contributed by atoms with Crippen molar-refractivity contribution in [2.45, 2.75) is 6.42 Å². The number of Topliss-reactive ketones (excluding diaryl/α,β-unsaturated/α-hetero) is 1. The lowest BCUT2D eigenvalue weighted by atomic mass is 10.3. The summed E-state index contributed by atoms with van der Waals surface area (Å²) in [5.74, 6) is -0.197. The number of aromatic nitrogens is 1. The van der Waals surface area contributed by atoms with E-state index in [-0.39, 0.29) is 12.2 Å². The monoisotopic (exact) mass is 152 g/mol. The first kappa shape index (κ1) is 6.90. The summed E-state index contributed by atoms with van der Waals surface area (Å²) in [5.41, 5.74) is 0. The number of nitriles is 1. The molecule has 0 N–H and O–H groups in total. The van der Waals surface area contributed by atoms with Crippen LogP contribution in [-0.4, -0.2) is 10.8 Å². The van der Waals surface area contributed by atoms with Crippen LogP contribution in [0.25, 0.3) is 0 Å². The Morgan fingerprint density at radius 1 is 1.90 bits per heavy atom. The molecule has 0 amide bonds. The Morgan fingerprint density at radius 2 is 2.70 bits per heavy atom. The van der Waals surface area contributed by atoms with Gasteiger partial charge in [0.2, 0.25) is 5.78 Å². The summed E-state index contributed by atoms with van der Waals surface area (Å²) >= 11 is 1.26. The van der Waals surface area contributed by atoms with Crippen molar-refractivity contribution >= 4 is 17.1 Å². The molecule has 0 atom stereocenters. The van der Waals surface area contributed by atoms with Crippen molar-refractivity contribution in [2.75, 3.05) is 0 Å². The van der Waals surface area contributed by atoms with Gasteiger partial charge in [0.15, 0.2) is 5.01 Å². The van der Waals surface area contributed by atoms with Crippen molar-refractivity contribution in [3.63, 3.8) is 0 Å². The molecular weight excluding hydrogens is 148 g/mol. The van der Waals surface area contributed by atoms with Gasteiger partial charge >= 0.3 is 0 Å². The van der Waals surface area contributed by atoms with Crippen LogP contribution >= 0.6 is 11.3 Å². The summed E-state index contributed by atoms with van der Waals surface area (Å²) in [4.78, 5) is 14.6. The van der Waals surface area contributed by atoms with E-state index in [1.165, 1.54) is 11.3 Å². The average Bonchev–Trinajstić information content (AvgIpc) is 2.38. The van der Waals surface area contributed by atoms with Gasteiger partial charge in [0.25, 0.3) is 0 Å². The second-order valence-electron chi connectivity index (χ2n) is 1.60. The van der Waals surface area contributed by atoms with Crippen LogP contribution in [-0.2, 0) is 0 Å². The number of ketones is 1. The largest absolute Gasteiger partial charge is 0.290 e. The molecule has 0 unspecified atom stereocenters. The van der Waals surface area contributed by atoms with Crippen molar-refractivity contribution in [3.8, 4) is 6.07 Å². The molecule has 1 rings (SSSR count). The van der Waals surface area contributed by atoms with Gasteiger partial charge in [-0.15, -0.1) is 11.3 Å². The van der Waals surface area contributed by atoms with Gasteiger partial charge in [0.1, 0.15) is 6.42 Å². The van der Waals surface area contributed by atoms with Gasteiger partial charge in [-0.25, -0.2) is 4.98 Å². The molecule has 1 aromatic heterocycles. The Hall–Kier alpha value is -1.21. The fourth-order valence-corrected chi connectivity index (χ4v) is 1.08. The minimum absolute atomic E-state index is 0.0759. The van der Waals surface area contributed by atoms with Gasteiger partial charge in [-0.1, -0.05) is 0 Å². The Kier molecular flexibility index (Phi) is 2.13. The molecule has 0 fully saturated rings. The highest BCUT2D eigenvalue weighted by Gasteiger charge is 2.05. The zero-order valence-electron chi connectivity index (χ0n) is 5.07. The van der Waals surface area contributed by atoms with Crippen LogP contribution in [0.2, 0.25) is 0 Å². The number of hydrogen-bond donors (Lipinski definition) is 0. The molecule has 1 heterocycles. The Balaban J connectivity index is 2.71. The zero-order valence-corrected chi connectivity index (χ0v) is 5.89. The summed E-state index contributed by atoms with van der Waals surface area (Å²) in [6.45, 7) is 0. The number of hydrogen-bond acceptors (Lipinski definition) is 4. The molecule has 1 aromatic rings. The molecule has 10 heavy (non-hydrogen) atoms. The maximum Gasteiger partial charge on any atom is 0.205 e. The fraction of sp³-hybridized carbons (Fsp3) is 0.167. The van der Waals surface area contributed by atoms with Gasteiger partial charge in [0.05, 0.1) is 6.07 Å². The van der Waals surface area contributed by atoms with Crippen LogP contribution in [0.1, 0.15) is 16.2 Å². The molecule has 0 spiro atoms. The zero-order chi connectivity index (χ0) is 7.40. The Labute approximate surface area is 61.9 Å². The number of nitrogens with zero attached hydrogens (tertiary/aromatic N) is 2. The topological polar surface area (TPSA) is 53.8 Å². The van der Waals surface area contributed by atoms with Gasteiger partial charge < -0.3 is 0 Å². The lowest BCUT2D eigenvalue weighted by Gasteiger charge is -1.83. The molecule has 0 saturated heterocycles. The second-order valence-corrected chi connectivity index (χ2v) is 2.49. The van der Waals surface area contributed by atoms with Gasteiger partial charge in [0, 0.05) is 11.6 Å². The molecule has 0 aliphatic rings. The van der Waals surface area contributed by atoms with E-state index in [4.69, 9.17) is 5.26 Å². The van der Waals surface area contributed by atoms with Crippen LogP contribution in [0.15, 0.2) is 11.6 Å². The molecule has 0 aliphatic carbocycles.